The Hall–Kier alpha value is 1.06. The summed E-state index contributed by atoms with van der Waals surface area (Å²) in [5, 5.41) is 0. The maximum absolute atomic E-state index is 8.74. The molecule has 10 heteroatoms. The Morgan fingerprint density at radius 1 is 1.10 bits per heavy atom. The predicted molar refractivity (Wildman–Crippen MR) is 33.6 cm³/mol. The molecule has 0 aromatic rings. The molecule has 7 nitrogen and oxygen atoms in total. The van der Waals surface area contributed by atoms with E-state index in [9.17, 15) is 0 Å². The van der Waals surface area contributed by atoms with Crippen LogP contribution in [-0.2, 0) is 14.9 Å². The molecule has 0 rings (SSSR count). The average molecular weight is 316 g/mol. The third kappa shape index (κ3) is 525. The van der Waals surface area contributed by atoms with Crippen molar-refractivity contribution < 1.29 is 31.6 Å². The Kier molecular flexibility index (Phi) is 14.1. The molecule has 60 valence electrons. The van der Waals surface area contributed by atoms with Crippen LogP contribution in [-0.4, -0.2) is 85.2 Å². The summed E-state index contributed by atoms with van der Waals surface area (Å²) in [4.78, 5) is 14.3. The topological polar surface area (TPSA) is 132 Å². The van der Waals surface area contributed by atoms with Gasteiger partial charge in [-0.25, -0.2) is 0 Å². The fourth-order valence-electron chi connectivity index (χ4n) is 0. The summed E-state index contributed by atoms with van der Waals surface area (Å²) >= 11 is 0. The van der Waals surface area contributed by atoms with Gasteiger partial charge < -0.3 is 9.59 Å². The van der Waals surface area contributed by atoms with Crippen molar-refractivity contribution in [1.29, 1.82) is 0 Å². The number of rotatable bonds is 0. The molecule has 0 heterocycles. The van der Waals surface area contributed by atoms with Gasteiger partial charge in [-0.3, -0.25) is 13.6 Å². The van der Waals surface area contributed by atoms with Gasteiger partial charge in [0.25, 0.3) is 0 Å². The van der Waals surface area contributed by atoms with Crippen molar-refractivity contribution >= 4 is 68.5 Å². The van der Waals surface area contributed by atoms with Gasteiger partial charge in [0.2, 0.25) is 0 Å². The molecule has 0 aromatic heterocycles. The predicted octanol–water partition coefficient (Wildman–Crippen LogP) is -3.18. The van der Waals surface area contributed by atoms with Gasteiger partial charge in [-0.1, -0.05) is 0 Å². The van der Waals surface area contributed by atoms with Crippen molar-refractivity contribution in [1.82, 2.24) is 0 Å². The quantitative estimate of drug-likeness (QED) is 0.274. The van der Waals surface area contributed by atoms with Crippen molar-refractivity contribution in [2.75, 3.05) is 0 Å². The van der Waals surface area contributed by atoms with Gasteiger partial charge in [0.05, 0.1) is 0 Å². The normalized spacial score (nSPS) is 8.20. The van der Waals surface area contributed by atoms with Gasteiger partial charge in [0.1, 0.15) is 0 Å². The van der Waals surface area contributed by atoms with Crippen LogP contribution in [0.15, 0.2) is 0 Å². The minimum absolute atomic E-state index is 0. The summed E-state index contributed by atoms with van der Waals surface area (Å²) in [5.74, 6) is 0. The van der Waals surface area contributed by atoms with Crippen molar-refractivity contribution in [3.63, 3.8) is 0 Å². The zero-order valence-corrected chi connectivity index (χ0v) is 5.74. The summed E-state index contributed by atoms with van der Waals surface area (Å²) in [5.41, 5.74) is 0. The third-order valence-corrected chi connectivity index (χ3v) is 0. The maximum atomic E-state index is 8.74. The van der Waals surface area contributed by atoms with Gasteiger partial charge in [0.15, 0.2) is 0 Å². The minimum atomic E-state index is -4.67. The van der Waals surface area contributed by atoms with E-state index < -0.39 is 19.6 Å². The first-order chi connectivity index (χ1) is 3.73. The van der Waals surface area contributed by atoms with Crippen molar-refractivity contribution in [2.45, 2.75) is 0 Å². The van der Waals surface area contributed by atoms with E-state index in [4.69, 9.17) is 31.6 Å². The molecule has 10 heavy (non-hydrogen) atoms. The van der Waals surface area contributed by atoms with Crippen molar-refractivity contribution in [3.05, 3.63) is 0 Å². The second-order valence-electron chi connectivity index (χ2n) is 0.730. The van der Waals surface area contributed by atoms with E-state index in [1.165, 1.54) is 0 Å². The fraction of sp³-hybridized carbons (Fsp3) is 0. The zero-order chi connectivity index (χ0) is 8.08. The Morgan fingerprint density at radius 2 is 1.10 bits per heavy atom. The molecule has 0 saturated heterocycles. The Bertz CT molecular complexity index is 156. The van der Waals surface area contributed by atoms with Crippen LogP contribution >= 0.6 is 0 Å². The molecule has 0 bridgehead atoms. The molecule has 0 aliphatic rings. The van der Waals surface area contributed by atoms with Crippen LogP contribution in [0, 0.1) is 0 Å². The van der Waals surface area contributed by atoms with E-state index in [0.29, 0.717) is 0 Å². The van der Waals surface area contributed by atoms with Gasteiger partial charge in [-0.2, -0.15) is 8.42 Å². The van der Waals surface area contributed by atoms with Crippen LogP contribution in [0.5, 0.6) is 0 Å². The summed E-state index contributed by atoms with van der Waals surface area (Å²) < 4.78 is 40.3. The molecule has 0 aliphatic carbocycles. The molecule has 0 saturated carbocycles. The van der Waals surface area contributed by atoms with Crippen molar-refractivity contribution in [3.8, 4) is 0 Å². The molecule has 0 radical (unpaired) electrons. The molecule has 0 spiro atoms. The van der Waals surface area contributed by atoms with Crippen LogP contribution < -0.4 is 0 Å². The van der Waals surface area contributed by atoms with Crippen LogP contribution in [0.1, 0.15) is 0 Å². The molecule has 0 aromatic carbocycles. The molecular weight excluding hydrogens is 309 g/mol. The van der Waals surface area contributed by atoms with E-state index in [-0.39, 0.29) is 48.9 Å². The fourth-order valence-corrected chi connectivity index (χ4v) is 0. The second kappa shape index (κ2) is 8.16. The Balaban J connectivity index is -0.0000000910. The van der Waals surface area contributed by atoms with Gasteiger partial charge in [-0.15, -0.1) is 0 Å². The van der Waals surface area contributed by atoms with Crippen molar-refractivity contribution in [2.24, 2.45) is 0 Å². The summed E-state index contributed by atoms with van der Waals surface area (Å²) in [6, 6.07) is 0. The van der Waals surface area contributed by atoms with Gasteiger partial charge in [-0.05, 0) is 0 Å². The van der Waals surface area contributed by atoms with Crippen LogP contribution in [0.25, 0.3) is 0 Å². The van der Waals surface area contributed by atoms with Gasteiger partial charge >= 0.3 is 68.5 Å². The Labute approximate surface area is 98.6 Å². The van der Waals surface area contributed by atoms with E-state index in [1.807, 2.05) is 0 Å². The molecule has 0 atom stereocenters. The standard InChI is InChI=1S/Ba.H2O4S.H2O3Si.2H/c;1-5(2,3)4;1-4(2)3;;/h;(H2,1,2,3,4);1-2H;;. The average Bonchev–Trinajstić information content (AvgIpc) is 1.19. The van der Waals surface area contributed by atoms with Gasteiger partial charge in [0, 0.05) is 0 Å². The number of hydrogen-bond donors (Lipinski definition) is 4. The summed E-state index contributed by atoms with van der Waals surface area (Å²) in [6.45, 7) is 0. The van der Waals surface area contributed by atoms with E-state index in [2.05, 4.69) is 0 Å². The van der Waals surface area contributed by atoms with Crippen LogP contribution in [0.3, 0.4) is 0 Å². The Morgan fingerprint density at radius 3 is 1.10 bits per heavy atom. The van der Waals surface area contributed by atoms with Crippen LogP contribution in [0.4, 0.5) is 0 Å². The first-order valence-electron chi connectivity index (χ1n) is 1.35. The second-order valence-corrected chi connectivity index (χ2v) is 2.19. The molecular formula is H6BaO7SSi. The molecule has 0 aliphatic heterocycles. The zero-order valence-electron chi connectivity index (χ0n) is 3.92. The van der Waals surface area contributed by atoms with E-state index >= 15 is 0 Å². The first kappa shape index (κ1) is 17.2. The molecule has 0 fully saturated rings. The molecule has 0 amide bonds. The third-order valence-electron chi connectivity index (χ3n) is 0. The number of hydrogen-bond acceptors (Lipinski definition) is 3. The molecule has 0 unspecified atom stereocenters. The molecule has 4 N–H and O–H groups in total. The summed E-state index contributed by atoms with van der Waals surface area (Å²) in [7, 11) is -7.80. The SMILES string of the molecule is O=S(=O)(O)O.O=[Si](O)O.[BaH2]. The summed E-state index contributed by atoms with van der Waals surface area (Å²) in [6.07, 6.45) is 0. The monoisotopic (exact) mass is 316 g/mol. The first-order valence-corrected chi connectivity index (χ1v) is 4.05. The van der Waals surface area contributed by atoms with E-state index in [1.54, 1.807) is 0 Å². The van der Waals surface area contributed by atoms with Crippen LogP contribution in [0.2, 0.25) is 0 Å². The van der Waals surface area contributed by atoms with E-state index in [0.717, 1.165) is 0 Å².